The molecule has 4 aromatic rings. The fourth-order valence-electron chi connectivity index (χ4n) is 4.73. The molecule has 0 amide bonds. The van der Waals surface area contributed by atoms with Crippen LogP contribution in [0.1, 0.15) is 42.5 Å². The summed E-state index contributed by atoms with van der Waals surface area (Å²) in [5.41, 5.74) is 1.63. The first-order valence-electron chi connectivity index (χ1n) is 14.0. The van der Waals surface area contributed by atoms with Crippen LogP contribution in [0.3, 0.4) is 0 Å². The third-order valence-electron chi connectivity index (χ3n) is 7.65. The molecular formula is C34H43NO6S. The first-order valence-corrected chi connectivity index (χ1v) is 15.4. The number of ether oxygens (including phenoxy) is 1. The van der Waals surface area contributed by atoms with Crippen LogP contribution in [0.25, 0.3) is 0 Å². The van der Waals surface area contributed by atoms with Gasteiger partial charge in [-0.1, -0.05) is 97.1 Å². The van der Waals surface area contributed by atoms with E-state index in [-0.39, 0.29) is 10.4 Å². The lowest BCUT2D eigenvalue weighted by molar-refractivity contribution is -0.906. The maximum atomic E-state index is 12.1. The molecule has 0 aliphatic carbocycles. The monoisotopic (exact) mass is 593 g/mol. The van der Waals surface area contributed by atoms with Gasteiger partial charge in [-0.2, -0.15) is 0 Å². The normalized spacial score (nSPS) is 11.6. The third-order valence-corrected chi connectivity index (χ3v) is 8.65. The van der Waals surface area contributed by atoms with Gasteiger partial charge in [-0.3, -0.25) is 0 Å². The van der Waals surface area contributed by atoms with Gasteiger partial charge in [0.15, 0.2) is 0 Å². The minimum atomic E-state index is -4.28. The van der Waals surface area contributed by atoms with E-state index in [1.54, 1.807) is 19.1 Å². The van der Waals surface area contributed by atoms with Crippen molar-refractivity contribution in [2.75, 3.05) is 33.3 Å². The molecule has 4 aromatic carbocycles. The second-order valence-corrected chi connectivity index (χ2v) is 11.7. The molecule has 0 aliphatic rings. The smallest absolute Gasteiger partial charge is 0.144 e. The Morgan fingerprint density at radius 1 is 0.786 bits per heavy atom. The highest BCUT2D eigenvalue weighted by Gasteiger charge is 2.36. The summed E-state index contributed by atoms with van der Waals surface area (Å²) in [6, 6.07) is 33.6. The minimum Gasteiger partial charge on any atom is -0.744 e. The fraction of sp³-hybridized carbons (Fsp3) is 0.294. The lowest BCUT2D eigenvalue weighted by Gasteiger charge is -2.33. The molecule has 0 aromatic heterocycles. The SMILES string of the molecule is CC[N+](C)(CC)CCCOc1ccccc1C(O)(c1ccccc1)c1ccccc1.Cc1ccccc1S(=O)(=O)[O-].O. The van der Waals surface area contributed by atoms with Crippen molar-refractivity contribution in [1.82, 2.24) is 0 Å². The van der Waals surface area contributed by atoms with Crippen LogP contribution in [0.5, 0.6) is 5.75 Å². The maximum Gasteiger partial charge on any atom is 0.144 e. The molecule has 0 fully saturated rings. The van der Waals surface area contributed by atoms with Crippen molar-refractivity contribution in [2.45, 2.75) is 37.7 Å². The number of benzene rings is 4. The van der Waals surface area contributed by atoms with Crippen LogP contribution in [-0.4, -0.2) is 61.3 Å². The Balaban J connectivity index is 0.000000433. The highest BCUT2D eigenvalue weighted by atomic mass is 32.2. The molecule has 0 aliphatic heterocycles. The van der Waals surface area contributed by atoms with E-state index in [1.807, 2.05) is 84.9 Å². The van der Waals surface area contributed by atoms with Crippen LogP contribution >= 0.6 is 0 Å². The van der Waals surface area contributed by atoms with Gasteiger partial charge in [-0.25, -0.2) is 8.42 Å². The van der Waals surface area contributed by atoms with E-state index in [2.05, 4.69) is 20.9 Å². The zero-order valence-electron chi connectivity index (χ0n) is 24.9. The average molecular weight is 594 g/mol. The Hall–Kier alpha value is -3.53. The summed E-state index contributed by atoms with van der Waals surface area (Å²) in [4.78, 5) is -0.139. The van der Waals surface area contributed by atoms with Gasteiger partial charge in [-0.05, 0) is 49.6 Å². The molecule has 0 bridgehead atoms. The van der Waals surface area contributed by atoms with Gasteiger partial charge < -0.3 is 24.4 Å². The Labute approximate surface area is 250 Å². The van der Waals surface area contributed by atoms with Crippen LogP contribution in [0.4, 0.5) is 0 Å². The molecule has 0 heterocycles. The molecular weight excluding hydrogens is 550 g/mol. The Morgan fingerprint density at radius 2 is 1.26 bits per heavy atom. The van der Waals surface area contributed by atoms with E-state index in [4.69, 9.17) is 4.74 Å². The van der Waals surface area contributed by atoms with Gasteiger partial charge in [0.25, 0.3) is 0 Å². The van der Waals surface area contributed by atoms with E-state index in [1.165, 1.54) is 12.1 Å². The number of hydrogen-bond acceptors (Lipinski definition) is 5. The van der Waals surface area contributed by atoms with Crippen molar-refractivity contribution in [3.05, 3.63) is 131 Å². The van der Waals surface area contributed by atoms with Gasteiger partial charge in [0.1, 0.15) is 21.5 Å². The van der Waals surface area contributed by atoms with E-state index in [0.717, 1.165) is 53.0 Å². The summed E-state index contributed by atoms with van der Waals surface area (Å²) in [7, 11) is -1.99. The van der Waals surface area contributed by atoms with Crippen molar-refractivity contribution in [1.29, 1.82) is 0 Å². The lowest BCUT2D eigenvalue weighted by Crippen LogP contribution is -2.44. The predicted octanol–water partition coefficient (Wildman–Crippen LogP) is 5.30. The number of aliphatic hydroxyl groups is 1. The first-order chi connectivity index (χ1) is 19.5. The molecule has 0 unspecified atom stereocenters. The molecule has 3 N–H and O–H groups in total. The summed E-state index contributed by atoms with van der Waals surface area (Å²) in [6.07, 6.45) is 0.974. The van der Waals surface area contributed by atoms with Crippen LogP contribution in [0, 0.1) is 6.92 Å². The van der Waals surface area contributed by atoms with Crippen molar-refractivity contribution < 1.29 is 32.8 Å². The third kappa shape index (κ3) is 8.74. The molecule has 7 nitrogen and oxygen atoms in total. The van der Waals surface area contributed by atoms with Crippen molar-refractivity contribution in [3.8, 4) is 5.75 Å². The van der Waals surface area contributed by atoms with Gasteiger partial charge in [0.05, 0.1) is 38.2 Å². The molecule has 8 heteroatoms. The van der Waals surface area contributed by atoms with Crippen LogP contribution in [0.15, 0.2) is 114 Å². The second kappa shape index (κ2) is 15.6. The van der Waals surface area contributed by atoms with E-state index >= 15 is 0 Å². The van der Waals surface area contributed by atoms with Crippen LogP contribution in [-0.2, 0) is 15.7 Å². The average Bonchev–Trinajstić information content (AvgIpc) is 3.00. The molecule has 0 atom stereocenters. The molecule has 226 valence electrons. The number of para-hydroxylation sites is 1. The summed E-state index contributed by atoms with van der Waals surface area (Å²) in [6.45, 7) is 10.0. The second-order valence-electron chi connectivity index (χ2n) is 10.3. The summed E-state index contributed by atoms with van der Waals surface area (Å²) < 4.78 is 38.8. The van der Waals surface area contributed by atoms with E-state index < -0.39 is 15.7 Å². The molecule has 0 radical (unpaired) electrons. The molecule has 0 saturated carbocycles. The number of hydrogen-bond donors (Lipinski definition) is 1. The molecule has 4 rings (SSSR count). The van der Waals surface area contributed by atoms with Gasteiger partial charge in [-0.15, -0.1) is 0 Å². The van der Waals surface area contributed by atoms with Crippen LogP contribution < -0.4 is 4.74 Å². The molecule has 42 heavy (non-hydrogen) atoms. The van der Waals surface area contributed by atoms with Gasteiger partial charge in [0.2, 0.25) is 0 Å². The van der Waals surface area contributed by atoms with Gasteiger partial charge in [0, 0.05) is 12.0 Å². The quantitative estimate of drug-likeness (QED) is 0.110. The minimum absolute atomic E-state index is 0. The first kappa shape index (κ1) is 34.7. The number of aryl methyl sites for hydroxylation is 1. The van der Waals surface area contributed by atoms with Crippen molar-refractivity contribution in [2.24, 2.45) is 0 Å². The Bertz CT molecular complexity index is 1430. The summed E-state index contributed by atoms with van der Waals surface area (Å²) >= 11 is 0. The highest BCUT2D eigenvalue weighted by molar-refractivity contribution is 7.85. The Kier molecular flexibility index (Phi) is 12.9. The van der Waals surface area contributed by atoms with Gasteiger partial charge >= 0.3 is 0 Å². The number of quaternary nitrogens is 1. The van der Waals surface area contributed by atoms with Crippen molar-refractivity contribution >= 4 is 10.1 Å². The topological polar surface area (TPSA) is 118 Å². The fourth-order valence-corrected chi connectivity index (χ4v) is 5.44. The standard InChI is InChI=1S/C27H34NO2.C7H8O3S.H2O/c1-4-28(3,5-2)21-14-22-30-26-20-13-12-19-25(26)27(29,23-15-8-6-9-16-23)24-17-10-7-11-18-24;1-6-4-2-3-5-7(6)11(8,9)10;/h6-13,15-20,29H,4-5,14,21-22H2,1-3H3;2-5H,1H3,(H,8,9,10);1H2/q+1;;/p-1. The maximum absolute atomic E-state index is 12.1. The number of rotatable bonds is 11. The Morgan fingerprint density at radius 3 is 1.74 bits per heavy atom. The van der Waals surface area contributed by atoms with Crippen molar-refractivity contribution in [3.63, 3.8) is 0 Å². The zero-order valence-corrected chi connectivity index (χ0v) is 25.7. The summed E-state index contributed by atoms with van der Waals surface area (Å²) in [5, 5.41) is 12.1. The van der Waals surface area contributed by atoms with Crippen LogP contribution in [0.2, 0.25) is 0 Å². The lowest BCUT2D eigenvalue weighted by atomic mass is 9.80. The largest absolute Gasteiger partial charge is 0.744 e. The molecule has 0 spiro atoms. The van der Waals surface area contributed by atoms with E-state index in [0.29, 0.717) is 12.2 Å². The zero-order chi connectivity index (χ0) is 29.9. The molecule has 0 saturated heterocycles. The number of nitrogens with zero attached hydrogens (tertiary/aromatic N) is 1. The summed E-state index contributed by atoms with van der Waals surface area (Å²) in [5.74, 6) is 0.731. The van der Waals surface area contributed by atoms with E-state index in [9.17, 15) is 18.1 Å². The highest BCUT2D eigenvalue weighted by Crippen LogP contribution is 2.41. The predicted molar refractivity (Wildman–Crippen MR) is 166 cm³/mol.